The van der Waals surface area contributed by atoms with Gasteiger partial charge < -0.3 is 10.6 Å². The Morgan fingerprint density at radius 2 is 1.96 bits per heavy atom. The van der Waals surface area contributed by atoms with Crippen molar-refractivity contribution in [1.82, 2.24) is 24.7 Å². The quantitative estimate of drug-likeness (QED) is 0.725. The molecular weight excluding hydrogens is 316 g/mol. The molecule has 0 bridgehead atoms. The van der Waals surface area contributed by atoms with Crippen LogP contribution in [0.25, 0.3) is 17.3 Å². The Labute approximate surface area is 144 Å². The van der Waals surface area contributed by atoms with Gasteiger partial charge in [-0.1, -0.05) is 18.2 Å². The van der Waals surface area contributed by atoms with Crippen LogP contribution in [0.3, 0.4) is 0 Å². The highest BCUT2D eigenvalue weighted by Crippen LogP contribution is 2.17. The maximum atomic E-state index is 9.48. The highest BCUT2D eigenvalue weighted by atomic mass is 15.3. The Morgan fingerprint density at radius 3 is 2.64 bits per heavy atom. The maximum Gasteiger partial charge on any atom is 0.230 e. The molecule has 124 valence electrons. The molecule has 0 amide bonds. The third kappa shape index (κ3) is 3.61. The standard InChI is InChI=1S/C17H16N8/c1-24(2)17-22-15(21-16(19)23-17)13(9-18)8-12-10-20-25(11-12)14-6-4-3-5-7-14/h3-8,10-11H,1-2H3,(H2,19,21,22,23)/b13-8+. The van der Waals surface area contributed by atoms with Gasteiger partial charge in [-0.25, -0.2) is 4.68 Å². The summed E-state index contributed by atoms with van der Waals surface area (Å²) in [5.41, 5.74) is 7.69. The van der Waals surface area contributed by atoms with Crippen LogP contribution in [0.5, 0.6) is 0 Å². The summed E-state index contributed by atoms with van der Waals surface area (Å²) in [7, 11) is 3.58. The monoisotopic (exact) mass is 332 g/mol. The molecule has 2 aromatic heterocycles. The van der Waals surface area contributed by atoms with E-state index >= 15 is 0 Å². The number of anilines is 2. The lowest BCUT2D eigenvalue weighted by atomic mass is 10.2. The van der Waals surface area contributed by atoms with Crippen molar-refractivity contribution in [3.8, 4) is 11.8 Å². The fraction of sp³-hybridized carbons (Fsp3) is 0.118. The summed E-state index contributed by atoms with van der Waals surface area (Å²) in [6.07, 6.45) is 5.16. The van der Waals surface area contributed by atoms with Gasteiger partial charge in [0.25, 0.3) is 0 Å². The fourth-order valence-corrected chi connectivity index (χ4v) is 2.15. The zero-order chi connectivity index (χ0) is 17.8. The molecule has 0 aliphatic rings. The molecule has 2 N–H and O–H groups in total. The lowest BCUT2D eigenvalue weighted by Gasteiger charge is -2.10. The smallest absolute Gasteiger partial charge is 0.230 e. The zero-order valence-electron chi connectivity index (χ0n) is 13.8. The third-order valence-electron chi connectivity index (χ3n) is 3.34. The van der Waals surface area contributed by atoms with Gasteiger partial charge in [0.2, 0.25) is 11.9 Å². The first kappa shape index (κ1) is 16.1. The molecule has 0 saturated carbocycles. The molecule has 3 rings (SSSR count). The molecule has 1 aromatic carbocycles. The maximum absolute atomic E-state index is 9.48. The Balaban J connectivity index is 1.97. The lowest BCUT2D eigenvalue weighted by molar-refractivity contribution is 0.880. The molecule has 0 aliphatic carbocycles. The van der Waals surface area contributed by atoms with Gasteiger partial charge in [-0.05, 0) is 18.2 Å². The highest BCUT2D eigenvalue weighted by molar-refractivity contribution is 5.87. The SMILES string of the molecule is CN(C)c1nc(N)nc(/C(C#N)=C/c2cnn(-c3ccccc3)c2)n1. The highest BCUT2D eigenvalue weighted by Gasteiger charge is 2.11. The molecule has 0 atom stereocenters. The van der Waals surface area contributed by atoms with Crippen LogP contribution in [0.4, 0.5) is 11.9 Å². The number of para-hydroxylation sites is 1. The molecule has 3 aromatic rings. The number of nitrogen functional groups attached to an aromatic ring is 1. The summed E-state index contributed by atoms with van der Waals surface area (Å²) < 4.78 is 1.73. The van der Waals surface area contributed by atoms with Gasteiger partial charge in [0, 0.05) is 25.9 Å². The van der Waals surface area contributed by atoms with Crippen LogP contribution in [-0.4, -0.2) is 38.8 Å². The predicted molar refractivity (Wildman–Crippen MR) is 95.6 cm³/mol. The van der Waals surface area contributed by atoms with E-state index in [9.17, 15) is 5.26 Å². The molecule has 8 nitrogen and oxygen atoms in total. The summed E-state index contributed by atoms with van der Waals surface area (Å²) >= 11 is 0. The van der Waals surface area contributed by atoms with E-state index in [1.54, 1.807) is 35.9 Å². The van der Waals surface area contributed by atoms with E-state index in [0.29, 0.717) is 5.95 Å². The van der Waals surface area contributed by atoms with E-state index in [0.717, 1.165) is 11.3 Å². The largest absolute Gasteiger partial charge is 0.368 e. The summed E-state index contributed by atoms with van der Waals surface area (Å²) in [6.45, 7) is 0. The minimum atomic E-state index is 0.0647. The van der Waals surface area contributed by atoms with Crippen molar-refractivity contribution < 1.29 is 0 Å². The van der Waals surface area contributed by atoms with Gasteiger partial charge in [0.15, 0.2) is 5.82 Å². The number of rotatable bonds is 4. The minimum Gasteiger partial charge on any atom is -0.368 e. The average Bonchev–Trinajstić information content (AvgIpc) is 3.08. The van der Waals surface area contributed by atoms with Gasteiger partial charge in [0.1, 0.15) is 6.07 Å². The number of hydrogen-bond donors (Lipinski definition) is 1. The van der Waals surface area contributed by atoms with Crippen LogP contribution in [0.1, 0.15) is 11.4 Å². The Morgan fingerprint density at radius 1 is 1.20 bits per heavy atom. The molecule has 0 saturated heterocycles. The van der Waals surface area contributed by atoms with Crippen LogP contribution in [0, 0.1) is 11.3 Å². The van der Waals surface area contributed by atoms with Gasteiger partial charge in [-0.15, -0.1) is 0 Å². The predicted octanol–water partition coefficient (Wildman–Crippen LogP) is 1.77. The van der Waals surface area contributed by atoms with E-state index in [-0.39, 0.29) is 17.3 Å². The van der Waals surface area contributed by atoms with E-state index in [2.05, 4.69) is 26.1 Å². The first-order chi connectivity index (χ1) is 12.1. The van der Waals surface area contributed by atoms with Gasteiger partial charge in [-0.2, -0.15) is 25.3 Å². The van der Waals surface area contributed by atoms with Crippen molar-refractivity contribution in [3.63, 3.8) is 0 Å². The molecule has 0 radical (unpaired) electrons. The van der Waals surface area contributed by atoms with Crippen LogP contribution in [0.15, 0.2) is 42.7 Å². The first-order valence-electron chi connectivity index (χ1n) is 7.48. The number of nitriles is 1. The van der Waals surface area contributed by atoms with Gasteiger partial charge in [0.05, 0.1) is 17.5 Å². The topological polar surface area (TPSA) is 110 Å². The van der Waals surface area contributed by atoms with Crippen molar-refractivity contribution >= 4 is 23.5 Å². The van der Waals surface area contributed by atoms with E-state index in [1.807, 2.05) is 36.5 Å². The number of nitrogens with zero attached hydrogens (tertiary/aromatic N) is 7. The summed E-state index contributed by atoms with van der Waals surface area (Å²) in [4.78, 5) is 14.1. The number of aromatic nitrogens is 5. The van der Waals surface area contributed by atoms with Crippen molar-refractivity contribution in [2.24, 2.45) is 0 Å². The summed E-state index contributed by atoms with van der Waals surface area (Å²) in [5, 5.41) is 13.8. The van der Waals surface area contributed by atoms with E-state index in [1.165, 1.54) is 0 Å². The average molecular weight is 332 g/mol. The van der Waals surface area contributed by atoms with E-state index in [4.69, 9.17) is 5.73 Å². The number of nitrogens with two attached hydrogens (primary N) is 1. The summed E-state index contributed by atoms with van der Waals surface area (Å²) in [5.74, 6) is 0.685. The molecule has 0 spiro atoms. The van der Waals surface area contributed by atoms with Crippen molar-refractivity contribution in [2.75, 3.05) is 24.7 Å². The first-order valence-corrected chi connectivity index (χ1v) is 7.48. The van der Waals surface area contributed by atoms with Crippen LogP contribution in [-0.2, 0) is 0 Å². The second-order valence-corrected chi connectivity index (χ2v) is 5.44. The molecular formula is C17H16N8. The van der Waals surface area contributed by atoms with Crippen molar-refractivity contribution in [2.45, 2.75) is 0 Å². The van der Waals surface area contributed by atoms with E-state index < -0.39 is 0 Å². The minimum absolute atomic E-state index is 0.0647. The molecule has 2 heterocycles. The lowest BCUT2D eigenvalue weighted by Crippen LogP contribution is -2.15. The fourth-order valence-electron chi connectivity index (χ4n) is 2.15. The van der Waals surface area contributed by atoms with Gasteiger partial charge >= 0.3 is 0 Å². The van der Waals surface area contributed by atoms with Crippen LogP contribution in [0.2, 0.25) is 0 Å². The molecule has 8 heteroatoms. The normalized spacial score (nSPS) is 11.2. The molecule has 0 aliphatic heterocycles. The van der Waals surface area contributed by atoms with Crippen LogP contribution < -0.4 is 10.6 Å². The molecule has 0 fully saturated rings. The second kappa shape index (κ2) is 6.80. The molecule has 25 heavy (non-hydrogen) atoms. The number of benzene rings is 1. The zero-order valence-corrected chi connectivity index (χ0v) is 13.8. The van der Waals surface area contributed by atoms with Crippen LogP contribution >= 0.6 is 0 Å². The van der Waals surface area contributed by atoms with Gasteiger partial charge in [-0.3, -0.25) is 0 Å². The Bertz CT molecular complexity index is 950. The Hall–Kier alpha value is -3.73. The number of allylic oxidation sites excluding steroid dienone is 1. The Kier molecular flexibility index (Phi) is 4.39. The van der Waals surface area contributed by atoms with Crippen molar-refractivity contribution in [1.29, 1.82) is 5.26 Å². The second-order valence-electron chi connectivity index (χ2n) is 5.44. The third-order valence-corrected chi connectivity index (χ3v) is 3.34. The number of hydrogen-bond acceptors (Lipinski definition) is 7. The summed E-state index contributed by atoms with van der Waals surface area (Å²) in [6, 6.07) is 11.8. The molecule has 0 unspecified atom stereocenters. The van der Waals surface area contributed by atoms with Crippen molar-refractivity contribution in [3.05, 3.63) is 54.1 Å².